The van der Waals surface area contributed by atoms with Gasteiger partial charge < -0.3 is 9.73 Å². The van der Waals surface area contributed by atoms with Crippen molar-refractivity contribution in [2.24, 2.45) is 0 Å². The van der Waals surface area contributed by atoms with Crippen LogP contribution >= 0.6 is 0 Å². The first-order chi connectivity index (χ1) is 13.3. The zero-order valence-electron chi connectivity index (χ0n) is 16.5. The lowest BCUT2D eigenvalue weighted by Crippen LogP contribution is -2.45. The Morgan fingerprint density at radius 2 is 1.75 bits per heavy atom. The zero-order valence-corrected chi connectivity index (χ0v) is 17.3. The normalized spacial score (nSPS) is 16.5. The summed E-state index contributed by atoms with van der Waals surface area (Å²) in [5.41, 5.74) is 0.866. The molecule has 1 aromatic carbocycles. The monoisotopic (exact) mass is 404 g/mol. The van der Waals surface area contributed by atoms with Crippen molar-refractivity contribution in [3.63, 3.8) is 0 Å². The fourth-order valence-electron chi connectivity index (χ4n) is 3.83. The summed E-state index contributed by atoms with van der Waals surface area (Å²) in [6.45, 7) is 3.84. The maximum absolute atomic E-state index is 13.2. The van der Waals surface area contributed by atoms with Crippen molar-refractivity contribution in [2.45, 2.75) is 57.9 Å². The molecule has 152 valence electrons. The van der Waals surface area contributed by atoms with Crippen LogP contribution in [0.2, 0.25) is 0 Å². The van der Waals surface area contributed by atoms with Gasteiger partial charge in [-0.1, -0.05) is 31.4 Å². The Balaban J connectivity index is 1.79. The number of furan rings is 1. The Bertz CT molecular complexity index is 910. The minimum atomic E-state index is -3.32. The lowest BCUT2D eigenvalue weighted by atomic mass is 9.68. The molecule has 3 rings (SSSR count). The molecule has 0 unspecified atom stereocenters. The fraction of sp³-hybridized carbons (Fsp3) is 0.476. The maximum Gasteiger partial charge on any atom is 0.232 e. The van der Waals surface area contributed by atoms with Gasteiger partial charge in [-0.15, -0.1) is 0 Å². The van der Waals surface area contributed by atoms with Gasteiger partial charge in [0.25, 0.3) is 0 Å². The Morgan fingerprint density at radius 3 is 2.32 bits per heavy atom. The standard InChI is InChI=1S/C21H28N2O4S/c1-3-28(25,26)23-18-10-8-17(9-11-18)21(13-5-4-6-14-21)20(24)22-15-19-12-7-16(2)27-19/h7-12,23H,3-6,13-15H2,1-2H3,(H,22,24). The Morgan fingerprint density at radius 1 is 1.07 bits per heavy atom. The fourth-order valence-corrected chi connectivity index (χ4v) is 4.47. The topological polar surface area (TPSA) is 88.4 Å². The molecule has 1 fully saturated rings. The van der Waals surface area contributed by atoms with Crippen molar-refractivity contribution in [1.82, 2.24) is 5.32 Å². The minimum Gasteiger partial charge on any atom is -0.465 e. The van der Waals surface area contributed by atoms with Gasteiger partial charge >= 0.3 is 0 Å². The van der Waals surface area contributed by atoms with Gasteiger partial charge in [0.05, 0.1) is 17.7 Å². The third kappa shape index (κ3) is 4.58. The molecule has 1 aromatic heterocycles. The van der Waals surface area contributed by atoms with Crippen LogP contribution in [0.5, 0.6) is 0 Å². The number of carbonyl (C=O) groups is 1. The number of sulfonamides is 1. The van der Waals surface area contributed by atoms with Crippen LogP contribution < -0.4 is 10.0 Å². The van der Waals surface area contributed by atoms with Gasteiger partial charge in [-0.2, -0.15) is 0 Å². The van der Waals surface area contributed by atoms with Gasteiger partial charge in [0.15, 0.2) is 0 Å². The van der Waals surface area contributed by atoms with E-state index in [0.717, 1.165) is 49.2 Å². The van der Waals surface area contributed by atoms with E-state index in [1.54, 1.807) is 19.1 Å². The van der Waals surface area contributed by atoms with Crippen molar-refractivity contribution < 1.29 is 17.6 Å². The summed E-state index contributed by atoms with van der Waals surface area (Å²) in [4.78, 5) is 13.2. The Hall–Kier alpha value is -2.28. The largest absolute Gasteiger partial charge is 0.465 e. The predicted octanol–water partition coefficient (Wildman–Crippen LogP) is 3.87. The van der Waals surface area contributed by atoms with Gasteiger partial charge in [0.1, 0.15) is 11.5 Å². The van der Waals surface area contributed by atoms with Crippen molar-refractivity contribution in [1.29, 1.82) is 0 Å². The van der Waals surface area contributed by atoms with Crippen LogP contribution in [0.4, 0.5) is 5.69 Å². The highest BCUT2D eigenvalue weighted by Crippen LogP contribution is 2.40. The van der Waals surface area contributed by atoms with Gasteiger partial charge in [-0.25, -0.2) is 8.42 Å². The van der Waals surface area contributed by atoms with E-state index < -0.39 is 15.4 Å². The van der Waals surface area contributed by atoms with Crippen molar-refractivity contribution >= 4 is 21.6 Å². The van der Waals surface area contributed by atoms with Crippen LogP contribution in [0.1, 0.15) is 56.1 Å². The van der Waals surface area contributed by atoms with Crippen molar-refractivity contribution in [3.05, 3.63) is 53.5 Å². The average molecular weight is 405 g/mol. The molecule has 6 nitrogen and oxygen atoms in total. The Kier molecular flexibility index (Phi) is 6.13. The third-order valence-electron chi connectivity index (χ3n) is 5.45. The summed E-state index contributed by atoms with van der Waals surface area (Å²) in [7, 11) is -3.32. The lowest BCUT2D eigenvalue weighted by Gasteiger charge is -2.36. The van der Waals surface area contributed by atoms with E-state index in [2.05, 4.69) is 10.0 Å². The number of anilines is 1. The number of benzene rings is 1. The molecule has 2 aromatic rings. The summed E-state index contributed by atoms with van der Waals surface area (Å²) in [6.07, 6.45) is 4.70. The summed E-state index contributed by atoms with van der Waals surface area (Å²) in [6, 6.07) is 11.0. The molecule has 28 heavy (non-hydrogen) atoms. The van der Waals surface area contributed by atoms with Crippen LogP contribution in [-0.2, 0) is 26.8 Å². The Labute approximate surface area is 166 Å². The number of carbonyl (C=O) groups excluding carboxylic acids is 1. The lowest BCUT2D eigenvalue weighted by molar-refractivity contribution is -0.128. The van der Waals surface area contributed by atoms with E-state index in [1.165, 1.54) is 0 Å². The highest BCUT2D eigenvalue weighted by Gasteiger charge is 2.41. The first kappa shape index (κ1) is 20.5. The van der Waals surface area contributed by atoms with E-state index in [9.17, 15) is 13.2 Å². The molecule has 7 heteroatoms. The van der Waals surface area contributed by atoms with Crippen LogP contribution in [0.15, 0.2) is 40.8 Å². The molecule has 1 saturated carbocycles. The molecule has 0 spiro atoms. The molecule has 0 saturated heterocycles. The van der Waals surface area contributed by atoms with E-state index in [4.69, 9.17) is 4.42 Å². The third-order valence-corrected chi connectivity index (χ3v) is 6.76. The van der Waals surface area contributed by atoms with E-state index in [1.807, 2.05) is 31.2 Å². The second kappa shape index (κ2) is 8.39. The minimum absolute atomic E-state index is 0.00291. The quantitative estimate of drug-likeness (QED) is 0.733. The van der Waals surface area contributed by atoms with Crippen LogP contribution in [0, 0.1) is 6.92 Å². The molecule has 0 aliphatic heterocycles. The van der Waals surface area contributed by atoms with Gasteiger partial charge in [-0.05, 0) is 56.5 Å². The predicted molar refractivity (Wildman–Crippen MR) is 110 cm³/mol. The van der Waals surface area contributed by atoms with Gasteiger partial charge in [0.2, 0.25) is 15.9 Å². The SMILES string of the molecule is CCS(=O)(=O)Nc1ccc(C2(C(=O)NCc3ccc(C)o3)CCCCC2)cc1. The molecular formula is C21H28N2O4S. The second-order valence-corrected chi connectivity index (χ2v) is 9.43. The molecule has 0 radical (unpaired) electrons. The number of amides is 1. The molecule has 2 N–H and O–H groups in total. The first-order valence-corrected chi connectivity index (χ1v) is 11.4. The number of rotatable bonds is 7. The summed E-state index contributed by atoms with van der Waals surface area (Å²) in [5, 5.41) is 3.04. The molecule has 1 aliphatic carbocycles. The molecule has 1 heterocycles. The van der Waals surface area contributed by atoms with E-state index >= 15 is 0 Å². The van der Waals surface area contributed by atoms with Crippen molar-refractivity contribution in [2.75, 3.05) is 10.5 Å². The zero-order chi connectivity index (χ0) is 20.2. The molecule has 0 bridgehead atoms. The summed E-state index contributed by atoms with van der Waals surface area (Å²) < 4.78 is 31.6. The van der Waals surface area contributed by atoms with E-state index in [0.29, 0.717) is 12.2 Å². The average Bonchev–Trinajstić information content (AvgIpc) is 3.12. The molecule has 1 aliphatic rings. The van der Waals surface area contributed by atoms with Gasteiger partial charge in [-0.3, -0.25) is 9.52 Å². The smallest absolute Gasteiger partial charge is 0.232 e. The second-order valence-electron chi connectivity index (χ2n) is 7.42. The molecular weight excluding hydrogens is 376 g/mol. The van der Waals surface area contributed by atoms with Crippen LogP contribution in [0.25, 0.3) is 0 Å². The van der Waals surface area contributed by atoms with Crippen LogP contribution in [-0.4, -0.2) is 20.1 Å². The molecule has 0 atom stereocenters. The number of nitrogens with one attached hydrogen (secondary N) is 2. The number of aryl methyl sites for hydroxylation is 1. The number of hydrogen-bond donors (Lipinski definition) is 2. The maximum atomic E-state index is 13.2. The van der Waals surface area contributed by atoms with Crippen LogP contribution in [0.3, 0.4) is 0 Å². The molecule has 1 amide bonds. The highest BCUT2D eigenvalue weighted by molar-refractivity contribution is 7.92. The van der Waals surface area contributed by atoms with Crippen molar-refractivity contribution in [3.8, 4) is 0 Å². The van der Waals surface area contributed by atoms with Gasteiger partial charge in [0, 0.05) is 5.69 Å². The summed E-state index contributed by atoms with van der Waals surface area (Å²) >= 11 is 0. The van der Waals surface area contributed by atoms with E-state index in [-0.39, 0.29) is 11.7 Å². The summed E-state index contributed by atoms with van der Waals surface area (Å²) in [5.74, 6) is 1.58. The first-order valence-electron chi connectivity index (χ1n) is 9.79. The number of hydrogen-bond acceptors (Lipinski definition) is 4. The highest BCUT2D eigenvalue weighted by atomic mass is 32.2.